The van der Waals surface area contributed by atoms with Gasteiger partial charge in [-0.3, -0.25) is 0 Å². The number of rotatable bonds is 5. The van der Waals surface area contributed by atoms with Crippen molar-refractivity contribution in [3.63, 3.8) is 0 Å². The van der Waals surface area contributed by atoms with Gasteiger partial charge in [0.1, 0.15) is 18.9 Å². The summed E-state index contributed by atoms with van der Waals surface area (Å²) in [6.07, 6.45) is 1.68. The van der Waals surface area contributed by atoms with Crippen molar-refractivity contribution in [2.45, 2.75) is 0 Å². The minimum Gasteiger partial charge on any atom is -0.493 e. The molecule has 0 saturated heterocycles. The Kier molecular flexibility index (Phi) is 4.45. The molecule has 27 heavy (non-hydrogen) atoms. The number of nitrogens with zero attached hydrogens (tertiary/aromatic N) is 3. The molecule has 8 heteroatoms. The van der Waals surface area contributed by atoms with Crippen LogP contribution in [0.3, 0.4) is 0 Å². The van der Waals surface area contributed by atoms with Crippen LogP contribution in [0.15, 0.2) is 36.5 Å². The zero-order valence-electron chi connectivity index (χ0n) is 15.3. The third-order valence-corrected chi connectivity index (χ3v) is 4.30. The van der Waals surface area contributed by atoms with Crippen molar-refractivity contribution < 1.29 is 23.7 Å². The van der Waals surface area contributed by atoms with E-state index in [2.05, 4.69) is 10.3 Å². The largest absolute Gasteiger partial charge is 0.493 e. The van der Waals surface area contributed by atoms with Crippen molar-refractivity contribution in [1.29, 1.82) is 0 Å². The summed E-state index contributed by atoms with van der Waals surface area (Å²) < 4.78 is 29.4. The Hall–Kier alpha value is -3.42. The van der Waals surface area contributed by atoms with Gasteiger partial charge in [-0.15, -0.1) is 5.10 Å². The summed E-state index contributed by atoms with van der Waals surface area (Å²) in [5.41, 5.74) is 2.34. The van der Waals surface area contributed by atoms with Crippen molar-refractivity contribution >= 4 is 0 Å². The van der Waals surface area contributed by atoms with Gasteiger partial charge in [-0.2, -0.15) is 0 Å². The van der Waals surface area contributed by atoms with Crippen LogP contribution in [0, 0.1) is 0 Å². The predicted molar refractivity (Wildman–Crippen MR) is 97.4 cm³/mol. The third-order valence-electron chi connectivity index (χ3n) is 4.30. The maximum absolute atomic E-state index is 5.68. The molecule has 1 aliphatic heterocycles. The van der Waals surface area contributed by atoms with E-state index in [-0.39, 0.29) is 0 Å². The van der Waals surface area contributed by atoms with E-state index in [0.717, 1.165) is 17.0 Å². The predicted octanol–water partition coefficient (Wildman–Crippen LogP) is 2.73. The van der Waals surface area contributed by atoms with E-state index in [0.29, 0.717) is 41.9 Å². The molecule has 2 heterocycles. The van der Waals surface area contributed by atoms with Gasteiger partial charge >= 0.3 is 0 Å². The lowest BCUT2D eigenvalue weighted by atomic mass is 10.1. The number of hydrogen-bond donors (Lipinski definition) is 0. The van der Waals surface area contributed by atoms with Crippen molar-refractivity contribution in [3.05, 3.63) is 36.5 Å². The van der Waals surface area contributed by atoms with Crippen molar-refractivity contribution in [2.24, 2.45) is 0 Å². The number of hydrogen-bond acceptors (Lipinski definition) is 7. The van der Waals surface area contributed by atoms with Crippen LogP contribution in [0.4, 0.5) is 0 Å². The molecule has 1 aliphatic rings. The Labute approximate surface area is 156 Å². The first-order chi connectivity index (χ1) is 13.3. The maximum atomic E-state index is 5.68. The van der Waals surface area contributed by atoms with E-state index >= 15 is 0 Å². The number of aromatic nitrogens is 3. The Morgan fingerprint density at radius 3 is 2.41 bits per heavy atom. The molecule has 0 fully saturated rings. The van der Waals surface area contributed by atoms with Gasteiger partial charge < -0.3 is 23.7 Å². The molecule has 2 aromatic carbocycles. The van der Waals surface area contributed by atoms with Crippen LogP contribution < -0.4 is 23.7 Å². The van der Waals surface area contributed by atoms with Crippen LogP contribution in [0.5, 0.6) is 28.7 Å². The van der Waals surface area contributed by atoms with E-state index < -0.39 is 0 Å². The van der Waals surface area contributed by atoms with Gasteiger partial charge in [0.25, 0.3) is 0 Å². The number of ether oxygens (including phenoxy) is 5. The van der Waals surface area contributed by atoms with Gasteiger partial charge in [-0.25, -0.2) is 4.68 Å². The minimum absolute atomic E-state index is 0.487. The lowest BCUT2D eigenvalue weighted by Gasteiger charge is -2.19. The number of methoxy groups -OCH3 is 3. The van der Waals surface area contributed by atoms with Crippen LogP contribution in [-0.4, -0.2) is 49.5 Å². The molecular formula is C19H19N3O5. The van der Waals surface area contributed by atoms with Gasteiger partial charge in [0.15, 0.2) is 23.0 Å². The normalized spacial score (nSPS) is 12.6. The summed E-state index contributed by atoms with van der Waals surface area (Å²) in [5.74, 6) is 2.99. The molecule has 4 rings (SSSR count). The van der Waals surface area contributed by atoms with Crippen molar-refractivity contribution in [2.75, 3.05) is 34.5 Å². The highest BCUT2D eigenvalue weighted by atomic mass is 16.6. The summed E-state index contributed by atoms with van der Waals surface area (Å²) in [4.78, 5) is 0. The zero-order chi connectivity index (χ0) is 18.8. The van der Waals surface area contributed by atoms with Gasteiger partial charge in [0.2, 0.25) is 5.75 Å². The molecule has 0 amide bonds. The molecule has 3 aromatic rings. The molecular weight excluding hydrogens is 350 g/mol. The molecule has 1 aromatic heterocycles. The summed E-state index contributed by atoms with van der Waals surface area (Å²) in [5, 5.41) is 8.31. The van der Waals surface area contributed by atoms with E-state index in [4.69, 9.17) is 23.7 Å². The maximum Gasteiger partial charge on any atom is 0.205 e. The molecule has 8 nitrogen and oxygen atoms in total. The first kappa shape index (κ1) is 17.0. The molecule has 0 N–H and O–H groups in total. The average molecular weight is 369 g/mol. The monoisotopic (exact) mass is 369 g/mol. The quantitative estimate of drug-likeness (QED) is 0.684. The summed E-state index contributed by atoms with van der Waals surface area (Å²) in [6.45, 7) is 1.08. The standard InChI is InChI=1S/C19H19N3O5/c1-23-16-7-5-13(18(24-2)19(16)25-3)22-14(11-20-21-22)12-4-6-15-17(10-12)27-9-8-26-15/h4-7,10-11H,8-9H2,1-3H3. The fourth-order valence-corrected chi connectivity index (χ4v) is 3.06. The number of fused-ring (bicyclic) bond motifs is 1. The molecule has 0 radical (unpaired) electrons. The molecule has 0 bridgehead atoms. The highest BCUT2D eigenvalue weighted by Gasteiger charge is 2.21. The topological polar surface area (TPSA) is 76.9 Å². The van der Waals surface area contributed by atoms with Crippen molar-refractivity contribution in [3.8, 4) is 45.7 Å². The number of benzene rings is 2. The summed E-state index contributed by atoms with van der Waals surface area (Å²) >= 11 is 0. The molecule has 0 spiro atoms. The van der Waals surface area contributed by atoms with Crippen LogP contribution in [0.2, 0.25) is 0 Å². The smallest absolute Gasteiger partial charge is 0.205 e. The van der Waals surface area contributed by atoms with Gasteiger partial charge in [0, 0.05) is 5.56 Å². The zero-order valence-corrected chi connectivity index (χ0v) is 15.3. The fraction of sp³-hybridized carbons (Fsp3) is 0.263. The first-order valence-electron chi connectivity index (χ1n) is 8.37. The molecule has 0 aliphatic carbocycles. The van der Waals surface area contributed by atoms with E-state index in [1.165, 1.54) is 0 Å². The second-order valence-electron chi connectivity index (χ2n) is 5.74. The van der Waals surface area contributed by atoms with E-state index in [9.17, 15) is 0 Å². The Balaban J connectivity index is 1.83. The van der Waals surface area contributed by atoms with E-state index in [1.54, 1.807) is 38.3 Å². The highest BCUT2D eigenvalue weighted by molar-refractivity contribution is 5.69. The van der Waals surface area contributed by atoms with Crippen LogP contribution in [-0.2, 0) is 0 Å². The van der Waals surface area contributed by atoms with Gasteiger partial charge in [0.05, 0.1) is 33.2 Å². The molecule has 0 saturated carbocycles. The Morgan fingerprint density at radius 1 is 0.889 bits per heavy atom. The minimum atomic E-state index is 0.487. The van der Waals surface area contributed by atoms with Crippen LogP contribution in [0.25, 0.3) is 16.9 Å². The van der Waals surface area contributed by atoms with E-state index in [1.807, 2.05) is 24.3 Å². The summed E-state index contributed by atoms with van der Waals surface area (Å²) in [6, 6.07) is 9.38. The average Bonchev–Trinajstić information content (AvgIpc) is 3.21. The molecule has 0 unspecified atom stereocenters. The Morgan fingerprint density at radius 2 is 1.67 bits per heavy atom. The second kappa shape index (κ2) is 7.06. The second-order valence-corrected chi connectivity index (χ2v) is 5.74. The molecule has 0 atom stereocenters. The first-order valence-corrected chi connectivity index (χ1v) is 8.37. The van der Waals surface area contributed by atoms with Crippen LogP contribution >= 0.6 is 0 Å². The van der Waals surface area contributed by atoms with Crippen molar-refractivity contribution in [1.82, 2.24) is 15.0 Å². The highest BCUT2D eigenvalue weighted by Crippen LogP contribution is 2.42. The lowest BCUT2D eigenvalue weighted by Crippen LogP contribution is -2.15. The Bertz CT molecular complexity index is 970. The SMILES string of the molecule is COc1ccc(-n2nncc2-c2ccc3c(c2)OCCO3)c(OC)c1OC. The van der Waals surface area contributed by atoms with Gasteiger partial charge in [-0.1, -0.05) is 5.21 Å². The van der Waals surface area contributed by atoms with Gasteiger partial charge in [-0.05, 0) is 30.3 Å². The van der Waals surface area contributed by atoms with Crippen LogP contribution in [0.1, 0.15) is 0 Å². The lowest BCUT2D eigenvalue weighted by molar-refractivity contribution is 0.171. The summed E-state index contributed by atoms with van der Waals surface area (Å²) in [7, 11) is 4.71. The fourth-order valence-electron chi connectivity index (χ4n) is 3.06. The third kappa shape index (κ3) is 2.88. The molecule has 140 valence electrons.